The van der Waals surface area contributed by atoms with E-state index in [-0.39, 0.29) is 17.5 Å². The third kappa shape index (κ3) is 3.90. The minimum Gasteiger partial charge on any atom is -0.508 e. The van der Waals surface area contributed by atoms with Gasteiger partial charge in [0.15, 0.2) is 0 Å². The summed E-state index contributed by atoms with van der Waals surface area (Å²) < 4.78 is 13.8. The predicted octanol–water partition coefficient (Wildman–Crippen LogP) is 4.65. The third-order valence-electron chi connectivity index (χ3n) is 3.91. The van der Waals surface area contributed by atoms with Gasteiger partial charge in [-0.2, -0.15) is 0 Å². The van der Waals surface area contributed by atoms with Crippen LogP contribution in [0.1, 0.15) is 18.4 Å². The van der Waals surface area contributed by atoms with Crippen LogP contribution in [-0.4, -0.2) is 11.0 Å². The molecule has 2 N–H and O–H groups in total. The molecule has 3 aromatic rings. The highest BCUT2D eigenvalue weighted by Gasteiger charge is 2.05. The van der Waals surface area contributed by atoms with Crippen LogP contribution in [0.4, 0.5) is 10.1 Å². The van der Waals surface area contributed by atoms with Gasteiger partial charge in [0, 0.05) is 17.5 Å². The molecule has 122 valence electrons. The number of phenolic OH excluding ortho intramolecular Hbond substituents is 1. The maximum Gasteiger partial charge on any atom is 0.224 e. The average molecular weight is 323 g/mol. The van der Waals surface area contributed by atoms with Gasteiger partial charge in [0.25, 0.3) is 0 Å². The maximum absolute atomic E-state index is 13.8. The fourth-order valence-electron chi connectivity index (χ4n) is 2.66. The summed E-state index contributed by atoms with van der Waals surface area (Å²) in [6.07, 6.45) is 1.79. The second kappa shape index (κ2) is 7.13. The van der Waals surface area contributed by atoms with E-state index in [1.54, 1.807) is 18.2 Å². The van der Waals surface area contributed by atoms with Crippen molar-refractivity contribution >= 4 is 22.4 Å². The first-order chi connectivity index (χ1) is 11.6. The van der Waals surface area contributed by atoms with Crippen molar-refractivity contribution in [1.82, 2.24) is 0 Å². The number of rotatable bonds is 5. The Morgan fingerprint density at radius 2 is 1.83 bits per heavy atom. The van der Waals surface area contributed by atoms with Gasteiger partial charge >= 0.3 is 0 Å². The standard InChI is InChI=1S/C20H18FNO2/c21-19-5-2-4-15-8-7-14(13-18(15)19)3-1-6-20(24)22-16-9-11-17(23)12-10-16/h2,4-5,7-13,23H,1,3,6H2,(H,22,24). The van der Waals surface area contributed by atoms with Crippen molar-refractivity contribution in [3.63, 3.8) is 0 Å². The Hall–Kier alpha value is -2.88. The first-order valence-electron chi connectivity index (χ1n) is 7.88. The molecule has 0 heterocycles. The first kappa shape index (κ1) is 16.0. The van der Waals surface area contributed by atoms with Gasteiger partial charge in [-0.1, -0.05) is 24.3 Å². The minimum atomic E-state index is -0.223. The zero-order valence-corrected chi connectivity index (χ0v) is 13.1. The molecule has 0 fully saturated rings. The highest BCUT2D eigenvalue weighted by molar-refractivity contribution is 5.90. The second-order valence-electron chi connectivity index (χ2n) is 5.74. The fraction of sp³-hybridized carbons (Fsp3) is 0.150. The summed E-state index contributed by atoms with van der Waals surface area (Å²) in [5.74, 6) is -0.136. The molecule has 0 aliphatic rings. The Labute approximate surface area is 139 Å². The van der Waals surface area contributed by atoms with E-state index in [0.29, 0.717) is 30.3 Å². The number of carbonyl (C=O) groups is 1. The molecule has 0 aliphatic heterocycles. The molecular formula is C20H18FNO2. The molecular weight excluding hydrogens is 305 g/mol. The van der Waals surface area contributed by atoms with Crippen LogP contribution >= 0.6 is 0 Å². The van der Waals surface area contributed by atoms with Crippen LogP contribution in [0.2, 0.25) is 0 Å². The van der Waals surface area contributed by atoms with Crippen molar-refractivity contribution in [3.05, 3.63) is 72.0 Å². The number of benzene rings is 3. The SMILES string of the molecule is O=C(CCCc1ccc2cccc(F)c2c1)Nc1ccc(O)cc1. The van der Waals surface area contributed by atoms with Gasteiger partial charge in [0.1, 0.15) is 11.6 Å². The number of halogens is 1. The highest BCUT2D eigenvalue weighted by Crippen LogP contribution is 2.20. The molecule has 0 saturated heterocycles. The van der Waals surface area contributed by atoms with Crippen molar-refractivity contribution in [2.45, 2.75) is 19.3 Å². The number of hydrogen-bond acceptors (Lipinski definition) is 2. The van der Waals surface area contributed by atoms with Crippen LogP contribution in [0.5, 0.6) is 5.75 Å². The van der Waals surface area contributed by atoms with Gasteiger partial charge in [0.05, 0.1) is 0 Å². The van der Waals surface area contributed by atoms with Crippen molar-refractivity contribution in [1.29, 1.82) is 0 Å². The smallest absolute Gasteiger partial charge is 0.224 e. The van der Waals surface area contributed by atoms with E-state index in [0.717, 1.165) is 10.9 Å². The quantitative estimate of drug-likeness (QED) is 0.672. The molecule has 0 bridgehead atoms. The zero-order chi connectivity index (χ0) is 16.9. The normalized spacial score (nSPS) is 10.7. The third-order valence-corrected chi connectivity index (χ3v) is 3.91. The van der Waals surface area contributed by atoms with E-state index in [1.807, 2.05) is 24.3 Å². The van der Waals surface area contributed by atoms with Crippen LogP contribution in [0.25, 0.3) is 10.8 Å². The Kier molecular flexibility index (Phi) is 4.75. The molecule has 4 heteroatoms. The summed E-state index contributed by atoms with van der Waals surface area (Å²) in [4.78, 5) is 11.9. The zero-order valence-electron chi connectivity index (χ0n) is 13.1. The van der Waals surface area contributed by atoms with E-state index in [9.17, 15) is 14.3 Å². The molecule has 3 rings (SSSR count). The summed E-state index contributed by atoms with van der Waals surface area (Å²) in [5, 5.41) is 13.5. The van der Waals surface area contributed by atoms with Crippen LogP contribution < -0.4 is 5.32 Å². The van der Waals surface area contributed by atoms with Crippen LogP contribution in [0.15, 0.2) is 60.7 Å². The molecule has 3 nitrogen and oxygen atoms in total. The summed E-state index contributed by atoms with van der Waals surface area (Å²) in [6.45, 7) is 0. The van der Waals surface area contributed by atoms with Crippen LogP contribution in [0.3, 0.4) is 0 Å². The average Bonchev–Trinajstić information content (AvgIpc) is 2.58. The molecule has 0 radical (unpaired) electrons. The van der Waals surface area contributed by atoms with Crippen molar-refractivity contribution in [3.8, 4) is 5.75 Å². The fourth-order valence-corrected chi connectivity index (χ4v) is 2.66. The number of hydrogen-bond donors (Lipinski definition) is 2. The number of nitrogens with one attached hydrogen (secondary N) is 1. The summed E-state index contributed by atoms with van der Waals surface area (Å²) in [7, 11) is 0. The molecule has 0 aliphatic carbocycles. The Balaban J connectivity index is 1.55. The molecule has 1 amide bonds. The topological polar surface area (TPSA) is 49.3 Å². The largest absolute Gasteiger partial charge is 0.508 e. The van der Waals surface area contributed by atoms with Gasteiger partial charge in [-0.15, -0.1) is 0 Å². The molecule has 0 aromatic heterocycles. The molecule has 3 aromatic carbocycles. The van der Waals surface area contributed by atoms with Crippen molar-refractivity contribution in [2.75, 3.05) is 5.32 Å². The monoisotopic (exact) mass is 323 g/mol. The lowest BCUT2D eigenvalue weighted by Gasteiger charge is -2.06. The van der Waals surface area contributed by atoms with E-state index in [4.69, 9.17) is 0 Å². The van der Waals surface area contributed by atoms with Gasteiger partial charge in [0.2, 0.25) is 5.91 Å². The van der Waals surface area contributed by atoms with Crippen LogP contribution in [-0.2, 0) is 11.2 Å². The Morgan fingerprint density at radius 1 is 1.04 bits per heavy atom. The number of aryl methyl sites for hydroxylation is 1. The minimum absolute atomic E-state index is 0.0762. The lowest BCUT2D eigenvalue weighted by atomic mass is 10.0. The van der Waals surface area contributed by atoms with Crippen molar-refractivity contribution in [2.24, 2.45) is 0 Å². The van der Waals surface area contributed by atoms with Gasteiger partial charge in [-0.05, 0) is 60.2 Å². The highest BCUT2D eigenvalue weighted by atomic mass is 19.1. The second-order valence-corrected chi connectivity index (χ2v) is 5.74. The van der Waals surface area contributed by atoms with E-state index >= 15 is 0 Å². The van der Waals surface area contributed by atoms with E-state index < -0.39 is 0 Å². The summed E-state index contributed by atoms with van der Waals surface area (Å²) in [6, 6.07) is 17.1. The lowest BCUT2D eigenvalue weighted by Crippen LogP contribution is -2.11. The van der Waals surface area contributed by atoms with E-state index in [2.05, 4.69) is 5.32 Å². The summed E-state index contributed by atoms with van der Waals surface area (Å²) in [5.41, 5.74) is 1.68. The summed E-state index contributed by atoms with van der Waals surface area (Å²) >= 11 is 0. The van der Waals surface area contributed by atoms with E-state index in [1.165, 1.54) is 18.2 Å². The lowest BCUT2D eigenvalue weighted by molar-refractivity contribution is -0.116. The number of phenols is 1. The van der Waals surface area contributed by atoms with Crippen molar-refractivity contribution < 1.29 is 14.3 Å². The number of aromatic hydroxyl groups is 1. The maximum atomic E-state index is 13.8. The Morgan fingerprint density at radius 3 is 2.62 bits per heavy atom. The van der Waals surface area contributed by atoms with Crippen LogP contribution in [0, 0.1) is 5.82 Å². The predicted molar refractivity (Wildman–Crippen MR) is 93.6 cm³/mol. The Bertz CT molecular complexity index is 859. The van der Waals surface area contributed by atoms with Gasteiger partial charge in [-0.25, -0.2) is 4.39 Å². The molecule has 0 unspecified atom stereocenters. The first-order valence-corrected chi connectivity index (χ1v) is 7.88. The number of anilines is 1. The molecule has 0 atom stereocenters. The van der Waals surface area contributed by atoms with Gasteiger partial charge in [-0.3, -0.25) is 4.79 Å². The molecule has 0 saturated carbocycles. The van der Waals surface area contributed by atoms with Gasteiger partial charge < -0.3 is 10.4 Å². The molecule has 0 spiro atoms. The number of amides is 1. The molecule has 24 heavy (non-hydrogen) atoms. The number of fused-ring (bicyclic) bond motifs is 1. The number of carbonyl (C=O) groups excluding carboxylic acids is 1.